The molecule has 26 heavy (non-hydrogen) atoms. The Balaban J connectivity index is 1.56. The Bertz CT molecular complexity index is 933. The van der Waals surface area contributed by atoms with Gasteiger partial charge in [-0.3, -0.25) is 4.79 Å². The van der Waals surface area contributed by atoms with Gasteiger partial charge in [0.15, 0.2) is 0 Å². The third-order valence-corrected chi connectivity index (χ3v) is 5.00. The van der Waals surface area contributed by atoms with Crippen LogP contribution in [0.3, 0.4) is 0 Å². The van der Waals surface area contributed by atoms with Gasteiger partial charge in [-0.05, 0) is 47.4 Å². The summed E-state index contributed by atoms with van der Waals surface area (Å²) in [4.78, 5) is 18.9. The van der Waals surface area contributed by atoms with E-state index < -0.39 is 0 Å². The molecule has 6 heteroatoms. The van der Waals surface area contributed by atoms with Crippen molar-refractivity contribution in [3.05, 3.63) is 87.4 Å². The van der Waals surface area contributed by atoms with E-state index in [0.717, 1.165) is 28.7 Å². The predicted octanol–water partition coefficient (Wildman–Crippen LogP) is 4.44. The van der Waals surface area contributed by atoms with Crippen LogP contribution < -0.4 is 0 Å². The van der Waals surface area contributed by atoms with Crippen molar-refractivity contribution in [2.75, 3.05) is 6.54 Å². The van der Waals surface area contributed by atoms with E-state index in [1.165, 1.54) is 0 Å². The molecular weight excluding hydrogens is 369 g/mol. The fourth-order valence-corrected chi connectivity index (χ4v) is 3.90. The van der Waals surface area contributed by atoms with Crippen molar-refractivity contribution in [2.45, 2.75) is 19.5 Å². The second-order valence-corrected chi connectivity index (χ2v) is 7.35. The molecule has 2 heterocycles. The smallest absolute Gasteiger partial charge is 0.254 e. The lowest BCUT2D eigenvalue weighted by Crippen LogP contribution is -2.37. The first kappa shape index (κ1) is 17.1. The molecule has 0 unspecified atom stereocenters. The average molecular weight is 386 g/mol. The number of imidazole rings is 1. The number of carbonyl (C=O) groups excluding carboxylic acids is 1. The van der Waals surface area contributed by atoms with Crippen molar-refractivity contribution >= 4 is 29.1 Å². The van der Waals surface area contributed by atoms with Gasteiger partial charge in [0, 0.05) is 47.6 Å². The van der Waals surface area contributed by atoms with Crippen LogP contribution in [0.2, 0.25) is 10.0 Å². The van der Waals surface area contributed by atoms with Crippen LogP contribution in [0.15, 0.2) is 55.1 Å². The normalized spacial score (nSPS) is 13.8. The standard InChI is InChI=1S/C20H17Cl2N3O/c21-17-7-15(8-18(22)10-17)12-25-5-3-16-2-1-14(9-19(16)20(25)26)11-24-6-4-23-13-24/h1-2,4,6-10,13H,3,5,11-12H2. The van der Waals surface area contributed by atoms with Gasteiger partial charge in [-0.15, -0.1) is 0 Å². The highest BCUT2D eigenvalue weighted by Crippen LogP contribution is 2.25. The first-order valence-electron chi connectivity index (χ1n) is 8.40. The fourth-order valence-electron chi connectivity index (χ4n) is 3.33. The number of fused-ring (bicyclic) bond motifs is 1. The summed E-state index contributed by atoms with van der Waals surface area (Å²) in [6, 6.07) is 11.5. The number of halogens is 2. The second-order valence-electron chi connectivity index (χ2n) is 6.48. The topological polar surface area (TPSA) is 38.1 Å². The second kappa shape index (κ2) is 7.14. The minimum Gasteiger partial charge on any atom is -0.334 e. The predicted molar refractivity (Wildman–Crippen MR) is 103 cm³/mol. The van der Waals surface area contributed by atoms with E-state index in [1.807, 2.05) is 33.9 Å². The number of amides is 1. The van der Waals surface area contributed by atoms with E-state index in [-0.39, 0.29) is 5.91 Å². The zero-order valence-corrected chi connectivity index (χ0v) is 15.5. The molecule has 132 valence electrons. The number of nitrogens with zero attached hydrogens (tertiary/aromatic N) is 3. The molecule has 0 fully saturated rings. The van der Waals surface area contributed by atoms with Crippen molar-refractivity contribution in [3.8, 4) is 0 Å². The van der Waals surface area contributed by atoms with E-state index in [1.54, 1.807) is 18.6 Å². The van der Waals surface area contributed by atoms with Crippen LogP contribution in [0.1, 0.15) is 27.0 Å². The number of hydrogen-bond donors (Lipinski definition) is 0. The van der Waals surface area contributed by atoms with E-state index >= 15 is 0 Å². The molecule has 4 nitrogen and oxygen atoms in total. The molecule has 0 bridgehead atoms. The molecule has 1 aliphatic rings. The summed E-state index contributed by atoms with van der Waals surface area (Å²) >= 11 is 12.2. The van der Waals surface area contributed by atoms with Gasteiger partial charge in [0.05, 0.1) is 6.33 Å². The zero-order valence-electron chi connectivity index (χ0n) is 14.0. The van der Waals surface area contributed by atoms with E-state index in [9.17, 15) is 4.79 Å². The largest absolute Gasteiger partial charge is 0.334 e. The lowest BCUT2D eigenvalue weighted by Gasteiger charge is -2.29. The lowest BCUT2D eigenvalue weighted by atomic mass is 9.96. The van der Waals surface area contributed by atoms with Gasteiger partial charge in [0.25, 0.3) is 5.91 Å². The molecule has 3 aromatic rings. The Hall–Kier alpha value is -2.30. The number of hydrogen-bond acceptors (Lipinski definition) is 2. The van der Waals surface area contributed by atoms with Crippen LogP contribution in [0.25, 0.3) is 0 Å². The molecule has 1 aromatic heterocycles. The van der Waals surface area contributed by atoms with Gasteiger partial charge in [0.1, 0.15) is 0 Å². The Morgan fingerprint density at radius 2 is 1.81 bits per heavy atom. The summed E-state index contributed by atoms with van der Waals surface area (Å²) in [5.41, 5.74) is 3.91. The summed E-state index contributed by atoms with van der Waals surface area (Å²) in [5, 5.41) is 1.17. The molecule has 0 atom stereocenters. The van der Waals surface area contributed by atoms with Crippen LogP contribution >= 0.6 is 23.2 Å². The van der Waals surface area contributed by atoms with Gasteiger partial charge in [0.2, 0.25) is 0 Å². The monoisotopic (exact) mass is 385 g/mol. The highest BCUT2D eigenvalue weighted by molar-refractivity contribution is 6.34. The van der Waals surface area contributed by atoms with Crippen LogP contribution in [0.4, 0.5) is 0 Å². The Labute approximate surface area is 162 Å². The van der Waals surface area contributed by atoms with Gasteiger partial charge in [-0.1, -0.05) is 35.3 Å². The number of benzene rings is 2. The molecule has 0 spiro atoms. The molecule has 0 radical (unpaired) electrons. The molecule has 1 amide bonds. The first-order valence-corrected chi connectivity index (χ1v) is 9.16. The van der Waals surface area contributed by atoms with Crippen molar-refractivity contribution in [3.63, 3.8) is 0 Å². The van der Waals surface area contributed by atoms with Gasteiger partial charge in [-0.25, -0.2) is 4.98 Å². The molecule has 4 rings (SSSR count). The lowest BCUT2D eigenvalue weighted by molar-refractivity contribution is 0.0727. The SMILES string of the molecule is O=C1c2cc(Cn3ccnc3)ccc2CCN1Cc1cc(Cl)cc(Cl)c1. The molecule has 0 saturated heterocycles. The third kappa shape index (κ3) is 3.62. The van der Waals surface area contributed by atoms with Crippen molar-refractivity contribution in [1.82, 2.24) is 14.5 Å². The minimum absolute atomic E-state index is 0.0508. The maximum atomic E-state index is 13.0. The Kier molecular flexibility index (Phi) is 4.70. The van der Waals surface area contributed by atoms with E-state index in [2.05, 4.69) is 17.1 Å². The summed E-state index contributed by atoms with van der Waals surface area (Å²) in [7, 11) is 0. The Morgan fingerprint density at radius 3 is 2.54 bits per heavy atom. The summed E-state index contributed by atoms with van der Waals surface area (Å²) in [5.74, 6) is 0.0508. The van der Waals surface area contributed by atoms with E-state index in [4.69, 9.17) is 23.2 Å². The number of carbonyl (C=O) groups is 1. The molecule has 2 aromatic carbocycles. The fraction of sp³-hybridized carbons (Fsp3) is 0.200. The molecule has 1 aliphatic heterocycles. The maximum absolute atomic E-state index is 13.0. The highest BCUT2D eigenvalue weighted by atomic mass is 35.5. The zero-order chi connectivity index (χ0) is 18.1. The quantitative estimate of drug-likeness (QED) is 0.665. The van der Waals surface area contributed by atoms with Crippen molar-refractivity contribution in [1.29, 1.82) is 0 Å². The number of rotatable bonds is 4. The van der Waals surface area contributed by atoms with Crippen LogP contribution in [0.5, 0.6) is 0 Å². The van der Waals surface area contributed by atoms with Gasteiger partial charge in [-0.2, -0.15) is 0 Å². The maximum Gasteiger partial charge on any atom is 0.254 e. The molecular formula is C20H17Cl2N3O. The average Bonchev–Trinajstić information content (AvgIpc) is 3.10. The Morgan fingerprint density at radius 1 is 1.00 bits per heavy atom. The minimum atomic E-state index is 0.0508. The van der Waals surface area contributed by atoms with Gasteiger partial charge < -0.3 is 9.47 Å². The molecule has 0 N–H and O–H groups in total. The summed E-state index contributed by atoms with van der Waals surface area (Å²) in [6.45, 7) is 1.89. The first-order chi connectivity index (χ1) is 12.6. The van der Waals surface area contributed by atoms with Crippen LogP contribution in [0, 0.1) is 0 Å². The molecule has 0 saturated carbocycles. The summed E-state index contributed by atoms with van der Waals surface area (Å²) < 4.78 is 1.99. The third-order valence-electron chi connectivity index (χ3n) is 4.56. The van der Waals surface area contributed by atoms with Crippen molar-refractivity contribution < 1.29 is 4.79 Å². The molecule has 0 aliphatic carbocycles. The van der Waals surface area contributed by atoms with E-state index in [0.29, 0.717) is 29.7 Å². The van der Waals surface area contributed by atoms with Gasteiger partial charge >= 0.3 is 0 Å². The van der Waals surface area contributed by atoms with Crippen LogP contribution in [-0.4, -0.2) is 26.9 Å². The summed E-state index contributed by atoms with van der Waals surface area (Å²) in [6.07, 6.45) is 6.29. The van der Waals surface area contributed by atoms with Crippen molar-refractivity contribution in [2.24, 2.45) is 0 Å². The highest BCUT2D eigenvalue weighted by Gasteiger charge is 2.24. The van der Waals surface area contributed by atoms with Crippen LogP contribution in [-0.2, 0) is 19.5 Å². The number of aromatic nitrogens is 2.